The molecular weight excluding hydrogens is 280 g/mol. The summed E-state index contributed by atoms with van der Waals surface area (Å²) in [6.45, 7) is 0.331. The number of ether oxygens (including phenoxy) is 4. The van der Waals surface area contributed by atoms with Crippen LogP contribution in [0.5, 0.6) is 11.5 Å². The number of hydrogen-bond acceptors (Lipinski definition) is 4. The Morgan fingerprint density at radius 2 is 1.36 bits per heavy atom. The van der Waals surface area contributed by atoms with Gasteiger partial charge in [0.25, 0.3) is 0 Å². The Balaban J connectivity index is 2.16. The summed E-state index contributed by atoms with van der Waals surface area (Å²) < 4.78 is 20.9. The average Bonchev–Trinajstić information content (AvgIpc) is 2.58. The van der Waals surface area contributed by atoms with Gasteiger partial charge in [0.15, 0.2) is 25.1 Å². The zero-order valence-corrected chi connectivity index (χ0v) is 12.8. The molecule has 0 unspecified atom stereocenters. The Labute approximate surface area is 130 Å². The van der Waals surface area contributed by atoms with Crippen LogP contribution in [-0.4, -0.2) is 27.8 Å². The molecule has 2 aromatic carbocycles. The van der Waals surface area contributed by atoms with Gasteiger partial charge in [-0.15, -0.1) is 0 Å². The van der Waals surface area contributed by atoms with E-state index < -0.39 is 0 Å². The minimum Gasteiger partial charge on any atom is -0.464 e. The first-order valence-corrected chi connectivity index (χ1v) is 6.94. The van der Waals surface area contributed by atoms with E-state index >= 15 is 0 Å². The minimum atomic E-state index is 0.162. The summed E-state index contributed by atoms with van der Waals surface area (Å²) in [4.78, 5) is 0. The van der Waals surface area contributed by atoms with Crippen molar-refractivity contribution in [3.63, 3.8) is 0 Å². The van der Waals surface area contributed by atoms with Crippen LogP contribution in [0.15, 0.2) is 48.5 Å². The summed E-state index contributed by atoms with van der Waals surface area (Å²) in [5.41, 5.74) is 2.15. The van der Waals surface area contributed by atoms with Crippen molar-refractivity contribution in [2.75, 3.05) is 27.8 Å². The molecule has 0 aliphatic rings. The van der Waals surface area contributed by atoms with Crippen molar-refractivity contribution in [3.05, 3.63) is 59.7 Å². The first-order valence-electron chi connectivity index (χ1n) is 6.94. The normalized spacial score (nSPS) is 10.8. The van der Waals surface area contributed by atoms with E-state index in [1.165, 1.54) is 0 Å². The summed E-state index contributed by atoms with van der Waals surface area (Å²) in [5.74, 6) is 1.24. The lowest BCUT2D eigenvalue weighted by atomic mass is 10.1. The molecule has 0 spiro atoms. The van der Waals surface area contributed by atoms with Crippen LogP contribution in [0.2, 0.25) is 0 Å². The third kappa shape index (κ3) is 4.91. The molecule has 0 saturated heterocycles. The Hall–Kier alpha value is -2.30. The van der Waals surface area contributed by atoms with Crippen LogP contribution in [0.25, 0.3) is 12.2 Å². The Morgan fingerprint density at radius 3 is 2.05 bits per heavy atom. The largest absolute Gasteiger partial charge is 0.464 e. The van der Waals surface area contributed by atoms with Crippen LogP contribution < -0.4 is 9.47 Å². The van der Waals surface area contributed by atoms with E-state index in [4.69, 9.17) is 18.9 Å². The van der Waals surface area contributed by atoms with Crippen LogP contribution in [0.3, 0.4) is 0 Å². The molecule has 0 heterocycles. The van der Waals surface area contributed by atoms with Gasteiger partial charge in [0, 0.05) is 14.2 Å². The minimum absolute atomic E-state index is 0.162. The van der Waals surface area contributed by atoms with Crippen molar-refractivity contribution in [2.24, 2.45) is 0 Å². The van der Waals surface area contributed by atoms with E-state index in [9.17, 15) is 0 Å². The number of rotatable bonds is 8. The van der Waals surface area contributed by atoms with Crippen molar-refractivity contribution in [3.8, 4) is 11.5 Å². The first kappa shape index (κ1) is 16.1. The monoisotopic (exact) mass is 300 g/mol. The molecule has 4 nitrogen and oxygen atoms in total. The van der Waals surface area contributed by atoms with Gasteiger partial charge in [0.05, 0.1) is 0 Å². The van der Waals surface area contributed by atoms with Gasteiger partial charge in [-0.3, -0.25) is 0 Å². The van der Waals surface area contributed by atoms with E-state index in [-0.39, 0.29) is 13.6 Å². The maximum absolute atomic E-state index is 5.54. The van der Waals surface area contributed by atoms with Crippen LogP contribution >= 0.6 is 0 Å². The molecule has 0 amide bonds. The third-order valence-corrected chi connectivity index (χ3v) is 2.90. The van der Waals surface area contributed by atoms with Crippen molar-refractivity contribution in [2.45, 2.75) is 0 Å². The number of hydrogen-bond donors (Lipinski definition) is 0. The molecule has 0 N–H and O–H groups in total. The Morgan fingerprint density at radius 1 is 0.727 bits per heavy atom. The van der Waals surface area contributed by atoms with Crippen molar-refractivity contribution < 1.29 is 18.9 Å². The molecule has 0 atom stereocenters. The van der Waals surface area contributed by atoms with Gasteiger partial charge < -0.3 is 18.9 Å². The Kier molecular flexibility index (Phi) is 6.48. The highest BCUT2D eigenvalue weighted by Crippen LogP contribution is 2.29. The molecule has 0 saturated carbocycles. The molecule has 0 aromatic heterocycles. The van der Waals surface area contributed by atoms with Gasteiger partial charge in [-0.2, -0.15) is 0 Å². The predicted octanol–water partition coefficient (Wildman–Crippen LogP) is 3.82. The fourth-order valence-electron chi connectivity index (χ4n) is 1.86. The summed E-state index contributed by atoms with van der Waals surface area (Å²) >= 11 is 0. The smallest absolute Gasteiger partial charge is 0.188 e. The molecule has 22 heavy (non-hydrogen) atoms. The highest BCUT2D eigenvalue weighted by molar-refractivity contribution is 5.70. The SMILES string of the molecule is COCOc1ccc(/C=C/c2ccccc2)cc1OCOC. The highest BCUT2D eigenvalue weighted by atomic mass is 16.7. The van der Waals surface area contributed by atoms with E-state index in [1.54, 1.807) is 14.2 Å². The van der Waals surface area contributed by atoms with E-state index in [2.05, 4.69) is 12.1 Å². The van der Waals surface area contributed by atoms with Gasteiger partial charge in [-0.05, 0) is 23.3 Å². The molecule has 0 aliphatic carbocycles. The lowest BCUT2D eigenvalue weighted by molar-refractivity contribution is 0.0322. The van der Waals surface area contributed by atoms with Gasteiger partial charge in [-0.25, -0.2) is 0 Å². The van der Waals surface area contributed by atoms with Gasteiger partial charge in [0.1, 0.15) is 0 Å². The van der Waals surface area contributed by atoms with Crippen LogP contribution in [0.4, 0.5) is 0 Å². The van der Waals surface area contributed by atoms with Gasteiger partial charge >= 0.3 is 0 Å². The van der Waals surface area contributed by atoms with E-state index in [0.29, 0.717) is 11.5 Å². The third-order valence-electron chi connectivity index (χ3n) is 2.90. The fourth-order valence-corrected chi connectivity index (χ4v) is 1.86. The van der Waals surface area contributed by atoms with Gasteiger partial charge in [-0.1, -0.05) is 48.6 Å². The summed E-state index contributed by atoms with van der Waals surface area (Å²) in [7, 11) is 3.15. The summed E-state index contributed by atoms with van der Waals surface area (Å²) in [6.07, 6.45) is 4.07. The second-order valence-electron chi connectivity index (χ2n) is 4.55. The van der Waals surface area contributed by atoms with Crippen molar-refractivity contribution in [1.29, 1.82) is 0 Å². The zero-order chi connectivity index (χ0) is 15.6. The lowest BCUT2D eigenvalue weighted by Gasteiger charge is -2.12. The van der Waals surface area contributed by atoms with Crippen LogP contribution in [0.1, 0.15) is 11.1 Å². The fraction of sp³-hybridized carbons (Fsp3) is 0.222. The predicted molar refractivity (Wildman–Crippen MR) is 86.8 cm³/mol. The summed E-state index contributed by atoms with van der Waals surface area (Å²) in [6, 6.07) is 15.8. The topological polar surface area (TPSA) is 36.9 Å². The van der Waals surface area contributed by atoms with E-state index in [0.717, 1.165) is 11.1 Å². The van der Waals surface area contributed by atoms with Crippen LogP contribution in [0, 0.1) is 0 Å². The van der Waals surface area contributed by atoms with Crippen molar-refractivity contribution >= 4 is 12.2 Å². The standard InChI is InChI=1S/C18H20O4/c1-19-13-21-17-11-10-16(12-18(17)22-14-20-2)9-8-15-6-4-3-5-7-15/h3-12H,13-14H2,1-2H3/b9-8+. The maximum atomic E-state index is 5.54. The number of methoxy groups -OCH3 is 2. The van der Waals surface area contributed by atoms with E-state index in [1.807, 2.05) is 48.6 Å². The average molecular weight is 300 g/mol. The molecular formula is C18H20O4. The molecule has 2 aromatic rings. The van der Waals surface area contributed by atoms with Crippen molar-refractivity contribution in [1.82, 2.24) is 0 Å². The molecule has 0 fully saturated rings. The molecule has 0 aliphatic heterocycles. The lowest BCUT2D eigenvalue weighted by Crippen LogP contribution is -2.04. The molecule has 4 heteroatoms. The molecule has 0 bridgehead atoms. The second kappa shape index (κ2) is 8.87. The molecule has 116 valence electrons. The highest BCUT2D eigenvalue weighted by Gasteiger charge is 2.06. The summed E-state index contributed by atoms with van der Waals surface area (Å²) in [5, 5.41) is 0. The van der Waals surface area contributed by atoms with Crippen LogP contribution in [-0.2, 0) is 9.47 Å². The first-order chi connectivity index (χ1) is 10.8. The Bertz CT molecular complexity index is 593. The maximum Gasteiger partial charge on any atom is 0.188 e. The number of benzene rings is 2. The van der Waals surface area contributed by atoms with Gasteiger partial charge in [0.2, 0.25) is 0 Å². The second-order valence-corrected chi connectivity index (χ2v) is 4.55. The quantitative estimate of drug-likeness (QED) is 0.548. The molecule has 2 rings (SSSR count). The molecule has 0 radical (unpaired) electrons. The zero-order valence-electron chi connectivity index (χ0n) is 12.8.